The lowest BCUT2D eigenvalue weighted by atomic mass is 10.3. The molecule has 1 rings (SSSR count). The van der Waals surface area contributed by atoms with E-state index in [1.165, 1.54) is 0 Å². The molecule has 96 valence electrons. The number of nitrogens with zero attached hydrogens (tertiary/aromatic N) is 1. The van der Waals surface area contributed by atoms with E-state index in [0.29, 0.717) is 18.2 Å². The summed E-state index contributed by atoms with van der Waals surface area (Å²) in [6, 6.07) is 0. The summed E-state index contributed by atoms with van der Waals surface area (Å²) in [7, 11) is 0. The molecule has 0 aliphatic carbocycles. The highest BCUT2D eigenvalue weighted by atomic mass is 32.2. The predicted molar refractivity (Wildman–Crippen MR) is 73.8 cm³/mol. The van der Waals surface area contributed by atoms with Crippen LogP contribution in [0.1, 0.15) is 41.1 Å². The lowest BCUT2D eigenvalue weighted by Gasteiger charge is -2.01. The van der Waals surface area contributed by atoms with Gasteiger partial charge in [-0.25, -0.2) is 9.78 Å². The summed E-state index contributed by atoms with van der Waals surface area (Å²) in [6.07, 6.45) is 0. The Labute approximate surface area is 111 Å². The average molecular weight is 273 g/mol. The standard InChI is InChI=1S/C12H19NO2S2/c1-5-15-12(14)11-9(4)17-10(13-11)7-16-6-8(2)3/h8H,5-7H2,1-4H3. The molecule has 1 aromatic heterocycles. The van der Waals surface area contributed by atoms with Crippen molar-refractivity contribution >= 4 is 29.1 Å². The van der Waals surface area contributed by atoms with Gasteiger partial charge in [0, 0.05) is 10.6 Å². The van der Waals surface area contributed by atoms with E-state index >= 15 is 0 Å². The number of thioether (sulfide) groups is 1. The van der Waals surface area contributed by atoms with Crippen LogP contribution in [0.5, 0.6) is 0 Å². The van der Waals surface area contributed by atoms with E-state index in [4.69, 9.17) is 4.74 Å². The van der Waals surface area contributed by atoms with E-state index in [0.717, 1.165) is 21.4 Å². The topological polar surface area (TPSA) is 39.2 Å². The number of carbonyl (C=O) groups excluding carboxylic acids is 1. The zero-order chi connectivity index (χ0) is 12.8. The second-order valence-corrected chi connectivity index (χ2v) is 6.46. The predicted octanol–water partition coefficient (Wildman–Crippen LogP) is 3.52. The van der Waals surface area contributed by atoms with E-state index in [1.54, 1.807) is 18.3 Å². The van der Waals surface area contributed by atoms with Crippen LogP contribution < -0.4 is 0 Å². The summed E-state index contributed by atoms with van der Waals surface area (Å²) in [4.78, 5) is 16.9. The van der Waals surface area contributed by atoms with Crippen LogP contribution >= 0.6 is 23.1 Å². The second-order valence-electron chi connectivity index (χ2n) is 4.14. The molecule has 0 amide bonds. The molecule has 0 radical (unpaired) electrons. The van der Waals surface area contributed by atoms with Gasteiger partial charge in [0.2, 0.25) is 0 Å². The quantitative estimate of drug-likeness (QED) is 0.743. The number of thiazole rings is 1. The largest absolute Gasteiger partial charge is 0.461 e. The number of rotatable bonds is 6. The smallest absolute Gasteiger partial charge is 0.358 e. The monoisotopic (exact) mass is 273 g/mol. The number of esters is 1. The number of carbonyl (C=O) groups is 1. The molecule has 0 saturated carbocycles. The summed E-state index contributed by atoms with van der Waals surface area (Å²) in [5, 5.41) is 1.01. The first-order valence-electron chi connectivity index (χ1n) is 5.75. The Morgan fingerprint density at radius 2 is 2.24 bits per heavy atom. The fourth-order valence-corrected chi connectivity index (χ4v) is 3.31. The van der Waals surface area contributed by atoms with Crippen molar-refractivity contribution in [3.8, 4) is 0 Å². The third kappa shape index (κ3) is 4.68. The van der Waals surface area contributed by atoms with Gasteiger partial charge in [-0.3, -0.25) is 0 Å². The molecule has 0 aliphatic heterocycles. The lowest BCUT2D eigenvalue weighted by Crippen LogP contribution is -2.06. The van der Waals surface area contributed by atoms with Crippen molar-refractivity contribution in [2.45, 2.75) is 33.4 Å². The number of ether oxygens (including phenoxy) is 1. The van der Waals surface area contributed by atoms with Crippen LogP contribution in [0.3, 0.4) is 0 Å². The maximum absolute atomic E-state index is 11.6. The highest BCUT2D eigenvalue weighted by Crippen LogP contribution is 2.23. The molecular formula is C12H19NO2S2. The van der Waals surface area contributed by atoms with Crippen LogP contribution in [-0.4, -0.2) is 23.3 Å². The Bertz CT molecular complexity index is 375. The zero-order valence-corrected chi connectivity index (χ0v) is 12.4. The van der Waals surface area contributed by atoms with Gasteiger partial charge in [0.15, 0.2) is 5.69 Å². The lowest BCUT2D eigenvalue weighted by molar-refractivity contribution is 0.0519. The van der Waals surface area contributed by atoms with Gasteiger partial charge in [-0.2, -0.15) is 11.8 Å². The van der Waals surface area contributed by atoms with Crippen molar-refractivity contribution in [3.05, 3.63) is 15.6 Å². The van der Waals surface area contributed by atoms with E-state index in [2.05, 4.69) is 18.8 Å². The zero-order valence-electron chi connectivity index (χ0n) is 10.8. The van der Waals surface area contributed by atoms with E-state index < -0.39 is 0 Å². The molecule has 3 nitrogen and oxygen atoms in total. The van der Waals surface area contributed by atoms with Crippen molar-refractivity contribution in [1.29, 1.82) is 0 Å². The molecule has 0 aliphatic rings. The molecule has 17 heavy (non-hydrogen) atoms. The van der Waals surface area contributed by atoms with E-state index in [9.17, 15) is 4.79 Å². The van der Waals surface area contributed by atoms with Crippen LogP contribution in [0, 0.1) is 12.8 Å². The average Bonchev–Trinajstić information content (AvgIpc) is 2.59. The Morgan fingerprint density at radius 3 is 2.82 bits per heavy atom. The third-order valence-corrected chi connectivity index (χ3v) is 4.52. The molecule has 0 atom stereocenters. The molecular weight excluding hydrogens is 254 g/mol. The van der Waals surface area contributed by atoms with Gasteiger partial charge < -0.3 is 4.74 Å². The summed E-state index contributed by atoms with van der Waals surface area (Å²) < 4.78 is 4.96. The normalized spacial score (nSPS) is 10.9. The van der Waals surface area contributed by atoms with Gasteiger partial charge in [-0.05, 0) is 25.5 Å². The van der Waals surface area contributed by atoms with Crippen LogP contribution in [-0.2, 0) is 10.5 Å². The summed E-state index contributed by atoms with van der Waals surface area (Å²) in [5.41, 5.74) is 0.483. The highest BCUT2D eigenvalue weighted by Gasteiger charge is 2.16. The molecule has 5 heteroatoms. The van der Waals surface area contributed by atoms with Crippen molar-refractivity contribution < 1.29 is 9.53 Å². The Kier molecular flexibility index (Phi) is 5.98. The van der Waals surface area contributed by atoms with Gasteiger partial charge in [0.25, 0.3) is 0 Å². The van der Waals surface area contributed by atoms with Crippen LogP contribution in [0.15, 0.2) is 0 Å². The van der Waals surface area contributed by atoms with Crippen LogP contribution in [0.4, 0.5) is 0 Å². The van der Waals surface area contributed by atoms with Gasteiger partial charge in [0.05, 0.1) is 6.61 Å². The minimum atomic E-state index is -0.304. The first kappa shape index (κ1) is 14.5. The molecule has 0 N–H and O–H groups in total. The molecule has 0 aromatic carbocycles. The summed E-state index contributed by atoms with van der Waals surface area (Å²) >= 11 is 3.44. The summed E-state index contributed by atoms with van der Waals surface area (Å²) in [5.74, 6) is 2.38. The van der Waals surface area contributed by atoms with E-state index in [1.807, 2.05) is 18.7 Å². The second kappa shape index (κ2) is 7.01. The Morgan fingerprint density at radius 1 is 1.53 bits per heavy atom. The number of aromatic nitrogens is 1. The van der Waals surface area contributed by atoms with Crippen molar-refractivity contribution in [3.63, 3.8) is 0 Å². The molecule has 0 bridgehead atoms. The Balaban J connectivity index is 2.58. The van der Waals surface area contributed by atoms with Gasteiger partial charge >= 0.3 is 5.97 Å². The first-order chi connectivity index (χ1) is 8.04. The maximum atomic E-state index is 11.6. The number of aryl methyl sites for hydroxylation is 1. The molecule has 0 unspecified atom stereocenters. The fraction of sp³-hybridized carbons (Fsp3) is 0.667. The Hall–Kier alpha value is -0.550. The molecule has 0 spiro atoms. The highest BCUT2D eigenvalue weighted by molar-refractivity contribution is 7.98. The van der Waals surface area contributed by atoms with E-state index in [-0.39, 0.29) is 5.97 Å². The SMILES string of the molecule is CCOC(=O)c1nc(CSCC(C)C)sc1C. The van der Waals surface area contributed by atoms with Crippen molar-refractivity contribution in [2.24, 2.45) is 5.92 Å². The third-order valence-electron chi connectivity index (χ3n) is 1.99. The van der Waals surface area contributed by atoms with Gasteiger partial charge in [0.1, 0.15) is 5.01 Å². The van der Waals surface area contributed by atoms with Crippen LogP contribution in [0.25, 0.3) is 0 Å². The summed E-state index contributed by atoms with van der Waals surface area (Å²) in [6.45, 7) is 8.51. The van der Waals surface area contributed by atoms with Crippen molar-refractivity contribution in [1.82, 2.24) is 4.98 Å². The van der Waals surface area contributed by atoms with Gasteiger partial charge in [-0.15, -0.1) is 11.3 Å². The number of hydrogen-bond donors (Lipinski definition) is 0. The van der Waals surface area contributed by atoms with Crippen molar-refractivity contribution in [2.75, 3.05) is 12.4 Å². The molecule has 0 saturated heterocycles. The van der Waals surface area contributed by atoms with Gasteiger partial charge in [-0.1, -0.05) is 13.8 Å². The molecule has 1 heterocycles. The first-order valence-corrected chi connectivity index (χ1v) is 7.72. The minimum Gasteiger partial charge on any atom is -0.461 e. The minimum absolute atomic E-state index is 0.304. The van der Waals surface area contributed by atoms with Crippen LogP contribution in [0.2, 0.25) is 0 Å². The molecule has 1 aromatic rings. The fourth-order valence-electron chi connectivity index (χ4n) is 1.28. The maximum Gasteiger partial charge on any atom is 0.358 e. The number of hydrogen-bond acceptors (Lipinski definition) is 5. The molecule has 0 fully saturated rings.